The Bertz CT molecular complexity index is 601. The third-order valence-corrected chi connectivity index (χ3v) is 3.81. The van der Waals surface area contributed by atoms with E-state index < -0.39 is 0 Å². The predicted molar refractivity (Wildman–Crippen MR) is 76.2 cm³/mol. The smallest absolute Gasteiger partial charge is 0.140 e. The van der Waals surface area contributed by atoms with Crippen LogP contribution in [0.15, 0.2) is 24.5 Å². The Morgan fingerprint density at radius 1 is 1.37 bits per heavy atom. The maximum Gasteiger partial charge on any atom is 0.140 e. The highest BCUT2D eigenvalue weighted by atomic mass is 16.5. The van der Waals surface area contributed by atoms with Gasteiger partial charge in [0, 0.05) is 24.7 Å². The SMILES string of the molecule is CC1OCCC1N(C)c1ncnc2ccc(N)cc12. The van der Waals surface area contributed by atoms with Gasteiger partial charge in [0.05, 0.1) is 17.7 Å². The molecule has 0 bridgehead atoms. The van der Waals surface area contributed by atoms with E-state index in [0.717, 1.165) is 35.4 Å². The maximum atomic E-state index is 5.87. The van der Waals surface area contributed by atoms with Crippen molar-refractivity contribution in [3.05, 3.63) is 24.5 Å². The highest BCUT2D eigenvalue weighted by Crippen LogP contribution is 2.28. The number of nitrogens with zero attached hydrogens (tertiary/aromatic N) is 3. The van der Waals surface area contributed by atoms with Gasteiger partial charge in [0.15, 0.2) is 0 Å². The van der Waals surface area contributed by atoms with Crippen molar-refractivity contribution in [1.29, 1.82) is 0 Å². The highest BCUT2D eigenvalue weighted by Gasteiger charge is 2.29. The number of benzene rings is 1. The summed E-state index contributed by atoms with van der Waals surface area (Å²) in [5.41, 5.74) is 7.52. The molecule has 1 aromatic carbocycles. The second-order valence-electron chi connectivity index (χ2n) is 5.02. The van der Waals surface area contributed by atoms with Crippen molar-refractivity contribution in [2.45, 2.75) is 25.5 Å². The first-order valence-electron chi connectivity index (χ1n) is 6.51. The molecule has 2 heterocycles. The molecule has 2 aromatic rings. The van der Waals surface area contributed by atoms with E-state index in [1.165, 1.54) is 0 Å². The van der Waals surface area contributed by atoms with E-state index in [0.29, 0.717) is 6.04 Å². The Hall–Kier alpha value is -1.88. The van der Waals surface area contributed by atoms with Crippen LogP contribution >= 0.6 is 0 Å². The van der Waals surface area contributed by atoms with Crippen LogP contribution in [0.4, 0.5) is 11.5 Å². The van der Waals surface area contributed by atoms with Crippen LogP contribution in [0.1, 0.15) is 13.3 Å². The number of nitrogens with two attached hydrogens (primary N) is 1. The molecule has 0 aliphatic carbocycles. The second kappa shape index (κ2) is 4.66. The van der Waals surface area contributed by atoms with Crippen molar-refractivity contribution < 1.29 is 4.74 Å². The van der Waals surface area contributed by atoms with Gasteiger partial charge in [0.25, 0.3) is 0 Å². The van der Waals surface area contributed by atoms with E-state index >= 15 is 0 Å². The lowest BCUT2D eigenvalue weighted by Gasteiger charge is -2.28. The first-order valence-corrected chi connectivity index (χ1v) is 6.51. The Morgan fingerprint density at radius 3 is 2.95 bits per heavy atom. The topological polar surface area (TPSA) is 64.3 Å². The Balaban J connectivity index is 2.06. The average molecular weight is 258 g/mol. The number of aromatic nitrogens is 2. The molecule has 2 atom stereocenters. The molecule has 0 amide bonds. The zero-order valence-electron chi connectivity index (χ0n) is 11.2. The summed E-state index contributed by atoms with van der Waals surface area (Å²) >= 11 is 0. The van der Waals surface area contributed by atoms with Crippen LogP contribution < -0.4 is 10.6 Å². The standard InChI is InChI=1S/C14H18N4O/c1-9-13(5-6-19-9)18(2)14-11-7-10(15)3-4-12(11)16-8-17-14/h3-4,7-9,13H,5-6,15H2,1-2H3. The second-order valence-corrected chi connectivity index (χ2v) is 5.02. The Morgan fingerprint density at radius 2 is 2.21 bits per heavy atom. The summed E-state index contributed by atoms with van der Waals surface area (Å²) in [4.78, 5) is 10.9. The van der Waals surface area contributed by atoms with Gasteiger partial charge in [0.1, 0.15) is 12.1 Å². The van der Waals surface area contributed by atoms with Gasteiger partial charge in [-0.05, 0) is 31.5 Å². The molecule has 0 radical (unpaired) electrons. The van der Waals surface area contributed by atoms with Gasteiger partial charge in [0.2, 0.25) is 0 Å². The van der Waals surface area contributed by atoms with Crippen molar-refractivity contribution >= 4 is 22.4 Å². The molecule has 0 spiro atoms. The largest absolute Gasteiger partial charge is 0.399 e. The summed E-state index contributed by atoms with van der Waals surface area (Å²) in [6, 6.07) is 6.07. The van der Waals surface area contributed by atoms with Crippen LogP contribution in [-0.4, -0.2) is 35.8 Å². The average Bonchev–Trinajstić information content (AvgIpc) is 2.83. The van der Waals surface area contributed by atoms with Crippen LogP contribution in [0.2, 0.25) is 0 Å². The van der Waals surface area contributed by atoms with Crippen LogP contribution in [0.3, 0.4) is 0 Å². The van der Waals surface area contributed by atoms with Gasteiger partial charge in [-0.15, -0.1) is 0 Å². The number of rotatable bonds is 2. The number of anilines is 2. The van der Waals surface area contributed by atoms with E-state index in [4.69, 9.17) is 10.5 Å². The number of fused-ring (bicyclic) bond motifs is 1. The normalized spacial score (nSPS) is 22.8. The minimum atomic E-state index is 0.219. The van der Waals surface area contributed by atoms with E-state index in [1.54, 1.807) is 6.33 Å². The summed E-state index contributed by atoms with van der Waals surface area (Å²) in [6.07, 6.45) is 2.84. The lowest BCUT2D eigenvalue weighted by atomic mass is 10.1. The van der Waals surface area contributed by atoms with Crippen molar-refractivity contribution in [3.63, 3.8) is 0 Å². The minimum absolute atomic E-state index is 0.219. The van der Waals surface area contributed by atoms with Crippen LogP contribution in [0.25, 0.3) is 10.9 Å². The number of hydrogen-bond acceptors (Lipinski definition) is 5. The minimum Gasteiger partial charge on any atom is -0.399 e. The van der Waals surface area contributed by atoms with Gasteiger partial charge in [-0.1, -0.05) is 0 Å². The van der Waals surface area contributed by atoms with E-state index in [9.17, 15) is 0 Å². The summed E-state index contributed by atoms with van der Waals surface area (Å²) in [7, 11) is 2.06. The van der Waals surface area contributed by atoms with E-state index in [-0.39, 0.29) is 6.10 Å². The number of hydrogen-bond donors (Lipinski definition) is 1. The molecule has 0 saturated carbocycles. The molecule has 100 valence electrons. The predicted octanol–water partition coefficient (Wildman–Crippen LogP) is 1.83. The third kappa shape index (κ3) is 2.10. The van der Waals surface area contributed by atoms with Crippen LogP contribution in [-0.2, 0) is 4.74 Å². The van der Waals surface area contributed by atoms with E-state index in [2.05, 4.69) is 28.8 Å². The molecule has 5 nitrogen and oxygen atoms in total. The first kappa shape index (κ1) is 12.2. The van der Waals surface area contributed by atoms with Crippen molar-refractivity contribution in [2.75, 3.05) is 24.3 Å². The summed E-state index contributed by atoms with van der Waals surface area (Å²) in [5, 5.41) is 0.990. The zero-order chi connectivity index (χ0) is 13.4. The Kier molecular flexibility index (Phi) is 2.98. The fourth-order valence-electron chi connectivity index (χ4n) is 2.73. The lowest BCUT2D eigenvalue weighted by molar-refractivity contribution is 0.118. The number of ether oxygens (including phenoxy) is 1. The zero-order valence-corrected chi connectivity index (χ0v) is 11.2. The van der Waals surface area contributed by atoms with Gasteiger partial charge in [-0.3, -0.25) is 0 Å². The lowest BCUT2D eigenvalue weighted by Crippen LogP contribution is -2.37. The third-order valence-electron chi connectivity index (χ3n) is 3.81. The van der Waals surface area contributed by atoms with E-state index in [1.807, 2.05) is 18.2 Å². The molecule has 19 heavy (non-hydrogen) atoms. The highest BCUT2D eigenvalue weighted by molar-refractivity contribution is 5.91. The van der Waals surface area contributed by atoms with Gasteiger partial charge in [-0.25, -0.2) is 9.97 Å². The molecular formula is C14H18N4O. The van der Waals surface area contributed by atoms with Crippen LogP contribution in [0.5, 0.6) is 0 Å². The molecule has 1 saturated heterocycles. The molecule has 1 aromatic heterocycles. The molecule has 1 aliphatic rings. The monoisotopic (exact) mass is 258 g/mol. The molecular weight excluding hydrogens is 240 g/mol. The Labute approximate surface area is 112 Å². The molecule has 5 heteroatoms. The molecule has 2 unspecified atom stereocenters. The summed E-state index contributed by atoms with van der Waals surface area (Å²) < 4.78 is 5.63. The molecule has 3 rings (SSSR count). The molecule has 2 N–H and O–H groups in total. The fraction of sp³-hybridized carbons (Fsp3) is 0.429. The summed E-state index contributed by atoms with van der Waals surface area (Å²) in [6.45, 7) is 2.91. The summed E-state index contributed by atoms with van der Waals surface area (Å²) in [5.74, 6) is 0.916. The molecule has 1 fully saturated rings. The molecule has 1 aliphatic heterocycles. The van der Waals surface area contributed by atoms with Crippen molar-refractivity contribution in [3.8, 4) is 0 Å². The maximum absolute atomic E-state index is 5.87. The number of nitrogen functional groups attached to an aromatic ring is 1. The van der Waals surface area contributed by atoms with Crippen molar-refractivity contribution in [2.24, 2.45) is 0 Å². The quantitative estimate of drug-likeness (QED) is 0.832. The van der Waals surface area contributed by atoms with Gasteiger partial charge >= 0.3 is 0 Å². The number of likely N-dealkylation sites (N-methyl/N-ethyl adjacent to an activating group) is 1. The van der Waals surface area contributed by atoms with Crippen molar-refractivity contribution in [1.82, 2.24) is 9.97 Å². The van der Waals surface area contributed by atoms with Gasteiger partial charge < -0.3 is 15.4 Å². The van der Waals surface area contributed by atoms with Crippen LogP contribution in [0, 0.1) is 0 Å². The van der Waals surface area contributed by atoms with Gasteiger partial charge in [-0.2, -0.15) is 0 Å². The fourth-order valence-corrected chi connectivity index (χ4v) is 2.73. The first-order chi connectivity index (χ1) is 9.16.